The standard InChI is InChI=1S/C20H23NO4/c1-14-8-10-17(11-9-14)19(20(23)24-13-12-21-16(3)22)25-18-7-5-4-6-15(18)2/h4-11,19H,12-13H2,1-3H3,(H,21,22). The summed E-state index contributed by atoms with van der Waals surface area (Å²) in [6.45, 7) is 5.68. The minimum absolute atomic E-state index is 0.0951. The summed E-state index contributed by atoms with van der Waals surface area (Å²) >= 11 is 0. The summed E-state index contributed by atoms with van der Waals surface area (Å²) in [6, 6.07) is 15.1. The molecule has 1 unspecified atom stereocenters. The topological polar surface area (TPSA) is 64.6 Å². The van der Waals surface area contributed by atoms with Gasteiger partial charge >= 0.3 is 5.97 Å². The normalized spacial score (nSPS) is 11.5. The van der Waals surface area contributed by atoms with Gasteiger partial charge in [-0.2, -0.15) is 0 Å². The van der Waals surface area contributed by atoms with Crippen LogP contribution in [-0.4, -0.2) is 25.0 Å². The van der Waals surface area contributed by atoms with Crippen LogP contribution in [0, 0.1) is 13.8 Å². The fraction of sp³-hybridized carbons (Fsp3) is 0.300. The molecule has 1 atom stereocenters. The molecule has 0 heterocycles. The van der Waals surface area contributed by atoms with Crippen molar-refractivity contribution in [2.24, 2.45) is 0 Å². The van der Waals surface area contributed by atoms with E-state index in [-0.39, 0.29) is 19.1 Å². The predicted molar refractivity (Wildman–Crippen MR) is 95.4 cm³/mol. The van der Waals surface area contributed by atoms with Crippen molar-refractivity contribution in [3.05, 3.63) is 65.2 Å². The van der Waals surface area contributed by atoms with E-state index in [4.69, 9.17) is 9.47 Å². The fourth-order valence-corrected chi connectivity index (χ4v) is 2.26. The second-order valence-corrected chi connectivity index (χ2v) is 5.82. The molecule has 0 saturated carbocycles. The summed E-state index contributed by atoms with van der Waals surface area (Å²) in [5.74, 6) is -0.0216. The maximum Gasteiger partial charge on any atom is 0.352 e. The Hall–Kier alpha value is -2.82. The summed E-state index contributed by atoms with van der Waals surface area (Å²) in [5, 5.41) is 2.59. The molecule has 132 valence electrons. The molecule has 0 fully saturated rings. The number of esters is 1. The van der Waals surface area contributed by atoms with E-state index < -0.39 is 12.1 Å². The number of nitrogens with one attached hydrogen (secondary N) is 1. The van der Waals surface area contributed by atoms with E-state index >= 15 is 0 Å². The van der Waals surface area contributed by atoms with Gasteiger partial charge in [-0.1, -0.05) is 48.0 Å². The highest BCUT2D eigenvalue weighted by atomic mass is 16.6. The summed E-state index contributed by atoms with van der Waals surface area (Å²) in [6.07, 6.45) is -0.862. The molecule has 0 radical (unpaired) electrons. The van der Waals surface area contributed by atoms with E-state index in [1.807, 2.05) is 62.4 Å². The molecule has 0 saturated heterocycles. The van der Waals surface area contributed by atoms with Gasteiger partial charge < -0.3 is 14.8 Å². The molecular formula is C20H23NO4. The minimum atomic E-state index is -0.862. The average Bonchev–Trinajstić information content (AvgIpc) is 2.58. The van der Waals surface area contributed by atoms with Gasteiger partial charge in [-0.3, -0.25) is 4.79 Å². The molecule has 0 aliphatic rings. The summed E-state index contributed by atoms with van der Waals surface area (Å²) in [5.41, 5.74) is 2.75. The lowest BCUT2D eigenvalue weighted by molar-refractivity contribution is -0.152. The number of carbonyl (C=O) groups excluding carboxylic acids is 2. The van der Waals surface area contributed by atoms with Crippen LogP contribution in [0.3, 0.4) is 0 Å². The van der Waals surface area contributed by atoms with Crippen molar-refractivity contribution in [3.63, 3.8) is 0 Å². The van der Waals surface area contributed by atoms with Crippen LogP contribution in [0.25, 0.3) is 0 Å². The van der Waals surface area contributed by atoms with Crippen LogP contribution < -0.4 is 10.1 Å². The van der Waals surface area contributed by atoms with Gasteiger partial charge in [-0.05, 0) is 25.5 Å². The Morgan fingerprint density at radius 2 is 1.72 bits per heavy atom. The zero-order valence-corrected chi connectivity index (χ0v) is 14.7. The van der Waals surface area contributed by atoms with Gasteiger partial charge in [-0.15, -0.1) is 0 Å². The Balaban J connectivity index is 2.14. The van der Waals surface area contributed by atoms with Crippen molar-refractivity contribution in [1.82, 2.24) is 5.32 Å². The Labute approximate surface area is 148 Å². The van der Waals surface area contributed by atoms with Gasteiger partial charge in [-0.25, -0.2) is 4.79 Å². The van der Waals surface area contributed by atoms with E-state index in [1.165, 1.54) is 6.92 Å². The van der Waals surface area contributed by atoms with Crippen molar-refractivity contribution in [1.29, 1.82) is 0 Å². The molecule has 1 amide bonds. The molecule has 0 aliphatic carbocycles. The van der Waals surface area contributed by atoms with Gasteiger partial charge in [0.05, 0.1) is 6.54 Å². The third-order valence-corrected chi connectivity index (χ3v) is 3.65. The number of aryl methyl sites for hydroxylation is 2. The largest absolute Gasteiger partial charge is 0.474 e. The fourth-order valence-electron chi connectivity index (χ4n) is 2.26. The van der Waals surface area contributed by atoms with Gasteiger partial charge in [0.2, 0.25) is 12.0 Å². The third-order valence-electron chi connectivity index (χ3n) is 3.65. The highest BCUT2D eigenvalue weighted by Gasteiger charge is 2.25. The van der Waals surface area contributed by atoms with E-state index in [0.29, 0.717) is 5.75 Å². The molecular weight excluding hydrogens is 318 g/mol. The quantitative estimate of drug-likeness (QED) is 0.621. The molecule has 25 heavy (non-hydrogen) atoms. The zero-order valence-electron chi connectivity index (χ0n) is 14.7. The van der Waals surface area contributed by atoms with E-state index in [9.17, 15) is 9.59 Å². The van der Waals surface area contributed by atoms with E-state index in [2.05, 4.69) is 5.32 Å². The number of benzene rings is 2. The van der Waals surface area contributed by atoms with Crippen LogP contribution in [0.15, 0.2) is 48.5 Å². The number of para-hydroxylation sites is 1. The second kappa shape index (κ2) is 8.87. The lowest BCUT2D eigenvalue weighted by Gasteiger charge is -2.20. The lowest BCUT2D eigenvalue weighted by Crippen LogP contribution is -2.28. The van der Waals surface area contributed by atoms with Gasteiger partial charge in [0.25, 0.3) is 0 Å². The number of ether oxygens (including phenoxy) is 2. The Morgan fingerprint density at radius 3 is 2.36 bits per heavy atom. The first-order chi connectivity index (χ1) is 12.0. The number of hydrogen-bond donors (Lipinski definition) is 1. The monoisotopic (exact) mass is 341 g/mol. The molecule has 2 rings (SSSR count). The Kier molecular flexibility index (Phi) is 6.57. The number of amides is 1. The molecule has 0 spiro atoms. The number of hydrogen-bond acceptors (Lipinski definition) is 4. The second-order valence-electron chi connectivity index (χ2n) is 5.82. The van der Waals surface area contributed by atoms with Crippen LogP contribution in [0.4, 0.5) is 0 Å². The molecule has 2 aromatic rings. The van der Waals surface area contributed by atoms with Gasteiger partial charge in [0.15, 0.2) is 0 Å². The summed E-state index contributed by atoms with van der Waals surface area (Å²) in [7, 11) is 0. The van der Waals surface area contributed by atoms with Gasteiger partial charge in [0.1, 0.15) is 12.4 Å². The van der Waals surface area contributed by atoms with Crippen molar-refractivity contribution in [2.45, 2.75) is 26.9 Å². The number of carbonyl (C=O) groups is 2. The van der Waals surface area contributed by atoms with Crippen molar-refractivity contribution in [3.8, 4) is 5.75 Å². The van der Waals surface area contributed by atoms with Gasteiger partial charge in [0, 0.05) is 12.5 Å². The maximum absolute atomic E-state index is 12.5. The summed E-state index contributed by atoms with van der Waals surface area (Å²) in [4.78, 5) is 23.4. The van der Waals surface area contributed by atoms with Crippen LogP contribution >= 0.6 is 0 Å². The highest BCUT2D eigenvalue weighted by molar-refractivity contribution is 5.77. The van der Waals surface area contributed by atoms with Crippen LogP contribution in [0.2, 0.25) is 0 Å². The van der Waals surface area contributed by atoms with Crippen molar-refractivity contribution >= 4 is 11.9 Å². The van der Waals surface area contributed by atoms with Crippen LogP contribution in [0.1, 0.15) is 29.7 Å². The number of rotatable bonds is 7. The average molecular weight is 341 g/mol. The zero-order chi connectivity index (χ0) is 18.2. The molecule has 5 heteroatoms. The first kappa shape index (κ1) is 18.5. The predicted octanol–water partition coefficient (Wildman–Crippen LogP) is 3.10. The maximum atomic E-state index is 12.5. The third kappa shape index (κ3) is 5.64. The summed E-state index contributed by atoms with van der Waals surface area (Å²) < 4.78 is 11.2. The van der Waals surface area contributed by atoms with Crippen molar-refractivity contribution in [2.75, 3.05) is 13.2 Å². The molecule has 0 bridgehead atoms. The van der Waals surface area contributed by atoms with Crippen LogP contribution in [0.5, 0.6) is 5.75 Å². The Bertz CT molecular complexity index is 725. The lowest BCUT2D eigenvalue weighted by atomic mass is 10.1. The molecule has 2 aromatic carbocycles. The van der Waals surface area contributed by atoms with E-state index in [1.54, 1.807) is 0 Å². The first-order valence-corrected chi connectivity index (χ1v) is 8.17. The first-order valence-electron chi connectivity index (χ1n) is 8.17. The molecule has 0 aromatic heterocycles. The molecule has 0 aliphatic heterocycles. The van der Waals surface area contributed by atoms with Crippen LogP contribution in [-0.2, 0) is 14.3 Å². The SMILES string of the molecule is CC(=O)NCCOC(=O)C(Oc1ccccc1C)c1ccc(C)cc1. The Morgan fingerprint density at radius 1 is 1.04 bits per heavy atom. The smallest absolute Gasteiger partial charge is 0.352 e. The van der Waals surface area contributed by atoms with E-state index in [0.717, 1.165) is 16.7 Å². The molecule has 1 N–H and O–H groups in total. The van der Waals surface area contributed by atoms with Crippen molar-refractivity contribution < 1.29 is 19.1 Å². The molecule has 5 nitrogen and oxygen atoms in total. The minimum Gasteiger partial charge on any atom is -0.474 e. The highest BCUT2D eigenvalue weighted by Crippen LogP contribution is 2.26.